The number of benzene rings is 2. The topological polar surface area (TPSA) is 93.1 Å². The van der Waals surface area contributed by atoms with Crippen molar-refractivity contribution in [2.24, 2.45) is 0 Å². The Morgan fingerprint density at radius 3 is 2.29 bits per heavy atom. The highest BCUT2D eigenvalue weighted by Gasteiger charge is 2.12. The predicted octanol–water partition coefficient (Wildman–Crippen LogP) is 1.85. The first-order valence-corrected chi connectivity index (χ1v) is 8.87. The maximum absolute atomic E-state index is 12.3. The van der Waals surface area contributed by atoms with Gasteiger partial charge in [-0.05, 0) is 30.2 Å². The van der Waals surface area contributed by atoms with Crippen LogP contribution in [-0.4, -0.2) is 28.1 Å². The highest BCUT2D eigenvalue weighted by molar-refractivity contribution is 6.02. The fourth-order valence-corrected chi connectivity index (χ4v) is 2.58. The van der Waals surface area contributed by atoms with Gasteiger partial charge in [0.25, 0.3) is 11.5 Å². The van der Waals surface area contributed by atoms with E-state index in [4.69, 9.17) is 0 Å². The fourth-order valence-electron chi connectivity index (χ4n) is 2.58. The molecule has 0 aliphatic rings. The number of aromatic nitrogens is 2. The molecular formula is C21H20N4O3. The van der Waals surface area contributed by atoms with Crippen LogP contribution < -0.4 is 16.2 Å². The average molecular weight is 376 g/mol. The zero-order valence-electron chi connectivity index (χ0n) is 15.2. The van der Waals surface area contributed by atoms with E-state index in [0.717, 1.165) is 10.2 Å². The molecule has 142 valence electrons. The molecule has 0 aliphatic carbocycles. The van der Waals surface area contributed by atoms with Gasteiger partial charge in [0.1, 0.15) is 12.2 Å². The van der Waals surface area contributed by atoms with Gasteiger partial charge < -0.3 is 10.6 Å². The lowest BCUT2D eigenvalue weighted by Crippen LogP contribution is -2.35. The van der Waals surface area contributed by atoms with E-state index in [1.165, 1.54) is 12.1 Å². The lowest BCUT2D eigenvalue weighted by atomic mass is 10.1. The third-order valence-corrected chi connectivity index (χ3v) is 4.00. The van der Waals surface area contributed by atoms with Crippen molar-refractivity contribution in [1.82, 2.24) is 15.1 Å². The van der Waals surface area contributed by atoms with Crippen LogP contribution in [0.2, 0.25) is 0 Å². The Balaban J connectivity index is 1.59. The number of carbonyl (C=O) groups excluding carboxylic acids is 2. The lowest BCUT2D eigenvalue weighted by molar-refractivity contribution is -0.121. The smallest absolute Gasteiger partial charge is 0.276 e. The number of para-hydroxylation sites is 1. The molecule has 1 heterocycles. The Bertz CT molecular complexity index is 1000. The minimum Gasteiger partial charge on any atom is -0.354 e. The molecule has 0 radical (unpaired) electrons. The SMILES string of the molecule is O=C(Cn1nc(C(=O)Nc2ccccc2)ccc1=O)NCCc1ccccc1. The number of carbonyl (C=O) groups is 2. The van der Waals surface area contributed by atoms with Gasteiger partial charge in [0, 0.05) is 18.3 Å². The Kier molecular flexibility index (Phi) is 6.30. The van der Waals surface area contributed by atoms with Crippen LogP contribution >= 0.6 is 0 Å². The van der Waals surface area contributed by atoms with Crippen molar-refractivity contribution in [1.29, 1.82) is 0 Å². The van der Waals surface area contributed by atoms with Gasteiger partial charge in [-0.1, -0.05) is 48.5 Å². The molecule has 2 aromatic carbocycles. The molecule has 0 bridgehead atoms. The highest BCUT2D eigenvalue weighted by atomic mass is 16.2. The summed E-state index contributed by atoms with van der Waals surface area (Å²) in [6.07, 6.45) is 0.689. The standard InChI is InChI=1S/C21H20N4O3/c26-19(22-14-13-16-7-3-1-4-8-16)15-25-20(27)12-11-18(24-25)21(28)23-17-9-5-2-6-10-17/h1-12H,13-15H2,(H,22,26)(H,23,28). The monoisotopic (exact) mass is 376 g/mol. The van der Waals surface area contributed by atoms with Crippen LogP contribution in [0.15, 0.2) is 77.6 Å². The Hall–Kier alpha value is -3.74. The van der Waals surface area contributed by atoms with E-state index in [-0.39, 0.29) is 18.1 Å². The van der Waals surface area contributed by atoms with Crippen LogP contribution in [0.1, 0.15) is 16.1 Å². The summed E-state index contributed by atoms with van der Waals surface area (Å²) in [5.74, 6) is -0.796. The minimum atomic E-state index is -0.454. The van der Waals surface area contributed by atoms with Crippen molar-refractivity contribution < 1.29 is 9.59 Å². The van der Waals surface area contributed by atoms with Crippen molar-refractivity contribution in [2.45, 2.75) is 13.0 Å². The van der Waals surface area contributed by atoms with Crippen molar-refractivity contribution in [3.05, 3.63) is 94.4 Å². The van der Waals surface area contributed by atoms with Crippen LogP contribution in [0.3, 0.4) is 0 Å². The summed E-state index contributed by atoms with van der Waals surface area (Å²) in [7, 11) is 0. The van der Waals surface area contributed by atoms with Gasteiger partial charge in [0.15, 0.2) is 0 Å². The van der Waals surface area contributed by atoms with Gasteiger partial charge in [-0.25, -0.2) is 4.68 Å². The summed E-state index contributed by atoms with van der Waals surface area (Å²) < 4.78 is 0.984. The molecule has 2 N–H and O–H groups in total. The largest absolute Gasteiger partial charge is 0.354 e. The zero-order valence-corrected chi connectivity index (χ0v) is 15.2. The molecule has 0 spiro atoms. The van der Waals surface area contributed by atoms with Crippen LogP contribution in [0, 0.1) is 0 Å². The van der Waals surface area contributed by atoms with E-state index in [9.17, 15) is 14.4 Å². The van der Waals surface area contributed by atoms with Gasteiger partial charge in [-0.3, -0.25) is 14.4 Å². The maximum Gasteiger partial charge on any atom is 0.276 e. The first kappa shape index (κ1) is 19.0. The van der Waals surface area contributed by atoms with Crippen molar-refractivity contribution in [3.63, 3.8) is 0 Å². The molecule has 0 aliphatic heterocycles. The summed E-state index contributed by atoms with van der Waals surface area (Å²) in [6, 6.07) is 21.2. The fraction of sp³-hybridized carbons (Fsp3) is 0.143. The maximum atomic E-state index is 12.3. The van der Waals surface area contributed by atoms with Gasteiger partial charge in [-0.15, -0.1) is 0 Å². The van der Waals surface area contributed by atoms with Gasteiger partial charge >= 0.3 is 0 Å². The van der Waals surface area contributed by atoms with Crippen molar-refractivity contribution in [2.75, 3.05) is 11.9 Å². The van der Waals surface area contributed by atoms with E-state index >= 15 is 0 Å². The van der Waals surface area contributed by atoms with Gasteiger partial charge in [0.05, 0.1) is 0 Å². The molecule has 1 aromatic heterocycles. The summed E-state index contributed by atoms with van der Waals surface area (Å²) in [5.41, 5.74) is 1.33. The Morgan fingerprint density at radius 2 is 1.57 bits per heavy atom. The molecule has 7 heteroatoms. The third kappa shape index (κ3) is 5.38. The van der Waals surface area contributed by atoms with Crippen LogP contribution in [-0.2, 0) is 17.8 Å². The van der Waals surface area contributed by atoms with Crippen LogP contribution in [0.25, 0.3) is 0 Å². The molecule has 0 unspecified atom stereocenters. The second-order valence-electron chi connectivity index (χ2n) is 6.12. The second kappa shape index (κ2) is 9.27. The summed E-state index contributed by atoms with van der Waals surface area (Å²) >= 11 is 0. The first-order chi connectivity index (χ1) is 13.6. The quantitative estimate of drug-likeness (QED) is 0.658. The van der Waals surface area contributed by atoms with Crippen LogP contribution in [0.5, 0.6) is 0 Å². The molecule has 3 rings (SSSR count). The number of anilines is 1. The number of hydrogen-bond donors (Lipinski definition) is 2. The number of nitrogens with zero attached hydrogens (tertiary/aromatic N) is 2. The Morgan fingerprint density at radius 1 is 0.893 bits per heavy atom. The highest BCUT2D eigenvalue weighted by Crippen LogP contribution is 2.06. The predicted molar refractivity (Wildman–Crippen MR) is 106 cm³/mol. The molecule has 0 atom stereocenters. The van der Waals surface area contributed by atoms with Crippen molar-refractivity contribution in [3.8, 4) is 0 Å². The number of nitrogens with one attached hydrogen (secondary N) is 2. The molecule has 28 heavy (non-hydrogen) atoms. The summed E-state index contributed by atoms with van der Waals surface area (Å²) in [6.45, 7) is 0.200. The molecule has 0 saturated heterocycles. The van der Waals surface area contributed by atoms with E-state index < -0.39 is 11.5 Å². The molecule has 2 amide bonds. The molecule has 7 nitrogen and oxygen atoms in total. The first-order valence-electron chi connectivity index (χ1n) is 8.87. The van der Waals surface area contributed by atoms with Crippen molar-refractivity contribution >= 4 is 17.5 Å². The minimum absolute atomic E-state index is 0.0561. The second-order valence-corrected chi connectivity index (χ2v) is 6.12. The lowest BCUT2D eigenvalue weighted by Gasteiger charge is -2.09. The van der Waals surface area contributed by atoms with Crippen LogP contribution in [0.4, 0.5) is 5.69 Å². The van der Waals surface area contributed by atoms with Gasteiger partial charge in [-0.2, -0.15) is 5.10 Å². The molecule has 0 fully saturated rings. The van der Waals surface area contributed by atoms with E-state index in [2.05, 4.69) is 15.7 Å². The van der Waals surface area contributed by atoms with E-state index in [1.54, 1.807) is 24.3 Å². The Labute approximate surface area is 162 Å². The van der Waals surface area contributed by atoms with Gasteiger partial charge in [0.2, 0.25) is 5.91 Å². The molecule has 3 aromatic rings. The normalized spacial score (nSPS) is 10.3. The zero-order chi connectivity index (χ0) is 19.8. The van der Waals surface area contributed by atoms with E-state index in [0.29, 0.717) is 18.7 Å². The molecule has 0 saturated carbocycles. The molecular weight excluding hydrogens is 356 g/mol. The number of hydrogen-bond acceptors (Lipinski definition) is 4. The van der Waals surface area contributed by atoms with E-state index in [1.807, 2.05) is 36.4 Å². The summed E-state index contributed by atoms with van der Waals surface area (Å²) in [4.78, 5) is 36.4. The number of rotatable bonds is 7. The average Bonchev–Trinajstić information content (AvgIpc) is 2.71. The summed E-state index contributed by atoms with van der Waals surface area (Å²) in [5, 5.41) is 9.46. The third-order valence-electron chi connectivity index (χ3n) is 4.00. The number of amides is 2.